The van der Waals surface area contributed by atoms with Gasteiger partial charge in [0.2, 0.25) is 0 Å². The van der Waals surface area contributed by atoms with Crippen molar-refractivity contribution in [3.63, 3.8) is 0 Å². The molecule has 0 aliphatic heterocycles. The molecule has 0 saturated heterocycles. The molecule has 2 rings (SSSR count). The molecule has 5 heteroatoms. The summed E-state index contributed by atoms with van der Waals surface area (Å²) in [6.45, 7) is 8.38. The van der Waals surface area contributed by atoms with Gasteiger partial charge in [0, 0.05) is 35.1 Å². The van der Waals surface area contributed by atoms with E-state index in [4.69, 9.17) is 0 Å². The van der Waals surface area contributed by atoms with Gasteiger partial charge in [-0.25, -0.2) is 0 Å². The Balaban J connectivity index is 2.47. The second-order valence-corrected chi connectivity index (χ2v) is 5.94. The van der Waals surface area contributed by atoms with E-state index in [2.05, 4.69) is 31.1 Å². The van der Waals surface area contributed by atoms with Gasteiger partial charge < -0.3 is 5.32 Å². The number of rotatable bonds is 5. The molecule has 1 aromatic heterocycles. The highest BCUT2D eigenvalue weighted by Crippen LogP contribution is 2.32. The Morgan fingerprint density at radius 3 is 2.62 bits per heavy atom. The molecule has 1 aromatic carbocycles. The van der Waals surface area contributed by atoms with Gasteiger partial charge in [0.1, 0.15) is 0 Å². The first kappa shape index (κ1) is 15.2. The van der Waals surface area contributed by atoms with Crippen molar-refractivity contribution in [1.82, 2.24) is 4.98 Å². The van der Waals surface area contributed by atoms with Gasteiger partial charge in [-0.05, 0) is 38.3 Å². The Morgan fingerprint density at radius 2 is 2.00 bits per heavy atom. The molecule has 0 bridgehead atoms. The largest absolute Gasteiger partial charge is 0.382 e. The van der Waals surface area contributed by atoms with Crippen molar-refractivity contribution in [1.29, 1.82) is 0 Å². The van der Waals surface area contributed by atoms with Crippen LogP contribution in [0.2, 0.25) is 0 Å². The number of non-ortho nitro benzene ring substituents is 1. The van der Waals surface area contributed by atoms with Crippen molar-refractivity contribution in [2.24, 2.45) is 5.92 Å². The topological polar surface area (TPSA) is 68.1 Å². The van der Waals surface area contributed by atoms with Crippen LogP contribution in [-0.2, 0) is 0 Å². The van der Waals surface area contributed by atoms with Crippen molar-refractivity contribution in [2.45, 2.75) is 40.2 Å². The van der Waals surface area contributed by atoms with Crippen LogP contribution in [0.4, 0.5) is 11.4 Å². The fraction of sp³-hybridized carbons (Fsp3) is 0.438. The van der Waals surface area contributed by atoms with E-state index in [9.17, 15) is 10.1 Å². The first-order valence-electron chi connectivity index (χ1n) is 7.18. The Kier molecular flexibility index (Phi) is 4.40. The van der Waals surface area contributed by atoms with Crippen LogP contribution in [0.25, 0.3) is 10.8 Å². The van der Waals surface area contributed by atoms with E-state index in [0.29, 0.717) is 17.3 Å². The van der Waals surface area contributed by atoms with Gasteiger partial charge >= 0.3 is 0 Å². The average molecular weight is 287 g/mol. The highest BCUT2D eigenvalue weighted by molar-refractivity contribution is 5.99. The number of nitro groups is 1. The van der Waals surface area contributed by atoms with Gasteiger partial charge in [-0.15, -0.1) is 0 Å². The number of pyridine rings is 1. The number of benzene rings is 1. The van der Waals surface area contributed by atoms with E-state index >= 15 is 0 Å². The van der Waals surface area contributed by atoms with Crippen LogP contribution in [0.1, 0.15) is 32.9 Å². The Bertz CT molecular complexity index is 668. The SMILES string of the molecule is Cc1cc2c(NC(C)CC(C)C)ccc([N+](=O)[O-])c2cn1. The predicted molar refractivity (Wildman–Crippen MR) is 85.7 cm³/mol. The van der Waals surface area contributed by atoms with Crippen LogP contribution in [0.5, 0.6) is 0 Å². The lowest BCUT2D eigenvalue weighted by Crippen LogP contribution is -2.17. The molecule has 1 N–H and O–H groups in total. The van der Waals surface area contributed by atoms with Gasteiger partial charge in [0.05, 0.1) is 10.3 Å². The molecular weight excluding hydrogens is 266 g/mol. The van der Waals surface area contributed by atoms with Crippen LogP contribution in [0.15, 0.2) is 24.4 Å². The minimum absolute atomic E-state index is 0.0968. The predicted octanol–water partition coefficient (Wildman–Crippen LogP) is 4.30. The third-order valence-electron chi connectivity index (χ3n) is 3.44. The zero-order valence-corrected chi connectivity index (χ0v) is 12.9. The molecule has 0 spiro atoms. The number of nitrogens with zero attached hydrogens (tertiary/aromatic N) is 2. The molecule has 21 heavy (non-hydrogen) atoms. The highest BCUT2D eigenvalue weighted by atomic mass is 16.6. The van der Waals surface area contributed by atoms with E-state index in [0.717, 1.165) is 23.2 Å². The van der Waals surface area contributed by atoms with E-state index in [-0.39, 0.29) is 10.6 Å². The van der Waals surface area contributed by atoms with Crippen LogP contribution in [-0.4, -0.2) is 15.9 Å². The third-order valence-corrected chi connectivity index (χ3v) is 3.44. The summed E-state index contributed by atoms with van der Waals surface area (Å²) >= 11 is 0. The number of hydrogen-bond acceptors (Lipinski definition) is 4. The summed E-state index contributed by atoms with van der Waals surface area (Å²) in [5.74, 6) is 0.597. The van der Waals surface area contributed by atoms with Crippen LogP contribution in [0.3, 0.4) is 0 Å². The number of nitro benzene ring substituents is 1. The number of anilines is 1. The maximum Gasteiger partial charge on any atom is 0.278 e. The summed E-state index contributed by atoms with van der Waals surface area (Å²) in [7, 11) is 0. The van der Waals surface area contributed by atoms with Crippen molar-refractivity contribution < 1.29 is 4.92 Å². The maximum absolute atomic E-state index is 11.1. The number of aromatic nitrogens is 1. The Morgan fingerprint density at radius 1 is 1.29 bits per heavy atom. The average Bonchev–Trinajstić information content (AvgIpc) is 2.37. The molecular formula is C16H21N3O2. The second kappa shape index (κ2) is 6.08. The monoisotopic (exact) mass is 287 g/mol. The minimum atomic E-state index is -0.360. The van der Waals surface area contributed by atoms with Gasteiger partial charge in [-0.3, -0.25) is 15.1 Å². The zero-order chi connectivity index (χ0) is 15.6. The van der Waals surface area contributed by atoms with Crippen molar-refractivity contribution in [3.8, 4) is 0 Å². The summed E-state index contributed by atoms with van der Waals surface area (Å²) < 4.78 is 0. The summed E-state index contributed by atoms with van der Waals surface area (Å²) in [6, 6.07) is 5.54. The van der Waals surface area contributed by atoms with Crippen LogP contribution >= 0.6 is 0 Å². The molecule has 112 valence electrons. The molecule has 1 heterocycles. The standard InChI is InChI=1S/C16H21N3O2/c1-10(2)7-12(4)18-15-5-6-16(19(20)21)14-9-17-11(3)8-13(14)15/h5-6,8-10,12,18H,7H2,1-4H3. The number of hydrogen-bond donors (Lipinski definition) is 1. The number of aryl methyl sites for hydroxylation is 1. The maximum atomic E-state index is 11.1. The van der Waals surface area contributed by atoms with Crippen LogP contribution in [0, 0.1) is 23.0 Å². The normalized spacial score (nSPS) is 12.6. The number of nitrogens with one attached hydrogen (secondary N) is 1. The Hall–Kier alpha value is -2.17. The van der Waals surface area contributed by atoms with E-state index < -0.39 is 0 Å². The lowest BCUT2D eigenvalue weighted by Gasteiger charge is -2.18. The summed E-state index contributed by atoms with van der Waals surface area (Å²) in [5, 5.41) is 16.0. The fourth-order valence-corrected chi connectivity index (χ4v) is 2.65. The molecule has 2 aromatic rings. The fourth-order valence-electron chi connectivity index (χ4n) is 2.65. The molecule has 0 saturated carbocycles. The van der Waals surface area contributed by atoms with E-state index in [1.165, 1.54) is 0 Å². The summed E-state index contributed by atoms with van der Waals surface area (Å²) in [5.41, 5.74) is 1.87. The van der Waals surface area contributed by atoms with E-state index in [1.54, 1.807) is 18.3 Å². The van der Waals surface area contributed by atoms with Crippen molar-refractivity contribution in [3.05, 3.63) is 40.2 Å². The second-order valence-electron chi connectivity index (χ2n) is 5.94. The first-order valence-corrected chi connectivity index (χ1v) is 7.18. The van der Waals surface area contributed by atoms with E-state index in [1.807, 2.05) is 13.0 Å². The molecule has 0 radical (unpaired) electrons. The highest BCUT2D eigenvalue weighted by Gasteiger charge is 2.16. The molecule has 0 aliphatic carbocycles. The quantitative estimate of drug-likeness (QED) is 0.657. The lowest BCUT2D eigenvalue weighted by molar-refractivity contribution is -0.383. The van der Waals surface area contributed by atoms with Gasteiger partial charge in [-0.2, -0.15) is 0 Å². The first-order chi connectivity index (χ1) is 9.88. The van der Waals surface area contributed by atoms with Crippen molar-refractivity contribution >= 4 is 22.1 Å². The number of fused-ring (bicyclic) bond motifs is 1. The van der Waals surface area contributed by atoms with Gasteiger partial charge in [0.25, 0.3) is 5.69 Å². The van der Waals surface area contributed by atoms with Crippen molar-refractivity contribution in [2.75, 3.05) is 5.32 Å². The summed E-state index contributed by atoms with van der Waals surface area (Å²) in [6.07, 6.45) is 2.63. The van der Waals surface area contributed by atoms with Crippen LogP contribution < -0.4 is 5.32 Å². The molecule has 1 unspecified atom stereocenters. The molecule has 0 amide bonds. The molecule has 0 fully saturated rings. The molecule has 0 aliphatic rings. The van der Waals surface area contributed by atoms with Gasteiger partial charge in [0.15, 0.2) is 0 Å². The molecule has 1 atom stereocenters. The lowest BCUT2D eigenvalue weighted by atomic mass is 10.0. The minimum Gasteiger partial charge on any atom is -0.382 e. The summed E-state index contributed by atoms with van der Waals surface area (Å²) in [4.78, 5) is 15.0. The molecule has 5 nitrogen and oxygen atoms in total. The zero-order valence-electron chi connectivity index (χ0n) is 12.9. The van der Waals surface area contributed by atoms with Gasteiger partial charge in [-0.1, -0.05) is 13.8 Å². The smallest absolute Gasteiger partial charge is 0.278 e. The Labute approximate surface area is 124 Å². The third kappa shape index (κ3) is 3.48.